The molecule has 0 aliphatic carbocycles. The van der Waals surface area contributed by atoms with Crippen LogP contribution >= 0.6 is 11.6 Å². The van der Waals surface area contributed by atoms with Gasteiger partial charge in [-0.25, -0.2) is 4.98 Å². The molecule has 1 aromatic carbocycles. The Morgan fingerprint density at radius 2 is 1.88 bits per heavy atom. The van der Waals surface area contributed by atoms with Crippen molar-refractivity contribution in [2.75, 3.05) is 36.4 Å². The summed E-state index contributed by atoms with van der Waals surface area (Å²) < 4.78 is 0. The molecule has 0 bridgehead atoms. The van der Waals surface area contributed by atoms with E-state index in [4.69, 9.17) is 11.6 Å². The molecule has 1 saturated heterocycles. The zero-order chi connectivity index (χ0) is 18.7. The lowest BCUT2D eigenvalue weighted by molar-refractivity contribution is -0.384. The molecule has 2 aromatic rings. The molecule has 10 heteroatoms. The maximum atomic E-state index is 11.5. The summed E-state index contributed by atoms with van der Waals surface area (Å²) in [5, 5.41) is 15.0. The Balaban J connectivity index is 1.84. The number of halogens is 1. The number of carbonyl (C=O) groups excluding carboxylic acids is 1. The summed E-state index contributed by atoms with van der Waals surface area (Å²) in [5.41, 5.74) is 0.554. The van der Waals surface area contributed by atoms with E-state index in [1.807, 2.05) is 0 Å². The smallest absolute Gasteiger partial charge is 0.329 e. The van der Waals surface area contributed by atoms with Crippen LogP contribution in [0.25, 0.3) is 0 Å². The van der Waals surface area contributed by atoms with Crippen molar-refractivity contribution in [3.8, 4) is 0 Å². The Bertz CT molecular complexity index is 821. The second-order valence-electron chi connectivity index (χ2n) is 5.78. The number of rotatable bonds is 4. The van der Waals surface area contributed by atoms with Gasteiger partial charge in [-0.15, -0.1) is 0 Å². The summed E-state index contributed by atoms with van der Waals surface area (Å²) in [6, 6.07) is 6.96. The van der Waals surface area contributed by atoms with E-state index in [0.29, 0.717) is 31.2 Å². The first-order valence-corrected chi connectivity index (χ1v) is 8.36. The summed E-state index contributed by atoms with van der Waals surface area (Å²) in [4.78, 5) is 34.2. The van der Waals surface area contributed by atoms with Gasteiger partial charge < -0.3 is 15.1 Å². The van der Waals surface area contributed by atoms with Crippen molar-refractivity contribution in [3.05, 3.63) is 45.6 Å². The number of piperazine rings is 1. The monoisotopic (exact) mass is 376 g/mol. The van der Waals surface area contributed by atoms with Gasteiger partial charge in [0.1, 0.15) is 6.20 Å². The second-order valence-corrected chi connectivity index (χ2v) is 6.22. The predicted molar refractivity (Wildman–Crippen MR) is 97.9 cm³/mol. The van der Waals surface area contributed by atoms with Crippen LogP contribution < -0.4 is 10.2 Å². The van der Waals surface area contributed by atoms with Gasteiger partial charge in [0.05, 0.1) is 4.92 Å². The molecule has 1 aliphatic rings. The third-order valence-corrected chi connectivity index (χ3v) is 4.32. The fourth-order valence-electron chi connectivity index (χ4n) is 2.68. The Morgan fingerprint density at radius 3 is 2.46 bits per heavy atom. The highest BCUT2D eigenvalue weighted by atomic mass is 35.5. The molecule has 1 aromatic heterocycles. The highest BCUT2D eigenvalue weighted by molar-refractivity contribution is 6.30. The third kappa shape index (κ3) is 3.99. The SMILES string of the molecule is CC(=O)N1CCN(c2nc(Nc3ccc(Cl)cc3)ncc2[N+](=O)[O-])CC1. The first-order chi connectivity index (χ1) is 12.4. The highest BCUT2D eigenvalue weighted by Gasteiger charge is 2.27. The van der Waals surface area contributed by atoms with E-state index >= 15 is 0 Å². The van der Waals surface area contributed by atoms with Gasteiger partial charge in [0, 0.05) is 43.8 Å². The molecule has 0 unspecified atom stereocenters. The van der Waals surface area contributed by atoms with Gasteiger partial charge in [0.2, 0.25) is 17.7 Å². The Kier molecular flexibility index (Phi) is 5.17. The topological polar surface area (TPSA) is 104 Å². The minimum atomic E-state index is -0.501. The lowest BCUT2D eigenvalue weighted by atomic mass is 10.3. The molecule has 0 spiro atoms. The molecule has 0 radical (unpaired) electrons. The van der Waals surface area contributed by atoms with Crippen molar-refractivity contribution in [3.63, 3.8) is 0 Å². The molecule has 9 nitrogen and oxygen atoms in total. The average Bonchev–Trinajstić information content (AvgIpc) is 2.63. The number of anilines is 3. The van der Waals surface area contributed by atoms with Crippen LogP contribution in [0.3, 0.4) is 0 Å². The number of carbonyl (C=O) groups is 1. The van der Waals surface area contributed by atoms with Crippen molar-refractivity contribution >= 4 is 40.6 Å². The lowest BCUT2D eigenvalue weighted by Crippen LogP contribution is -2.48. The fourth-order valence-corrected chi connectivity index (χ4v) is 2.81. The first-order valence-electron chi connectivity index (χ1n) is 7.98. The molecule has 136 valence electrons. The molecule has 3 rings (SSSR count). The summed E-state index contributed by atoms with van der Waals surface area (Å²) in [5.74, 6) is 0.485. The van der Waals surface area contributed by atoms with E-state index in [-0.39, 0.29) is 23.4 Å². The van der Waals surface area contributed by atoms with E-state index in [1.165, 1.54) is 13.1 Å². The van der Waals surface area contributed by atoms with Crippen LogP contribution in [0.1, 0.15) is 6.92 Å². The van der Waals surface area contributed by atoms with Gasteiger partial charge in [-0.3, -0.25) is 14.9 Å². The largest absolute Gasteiger partial charge is 0.347 e. The van der Waals surface area contributed by atoms with Crippen LogP contribution in [0.2, 0.25) is 5.02 Å². The van der Waals surface area contributed by atoms with Crippen LogP contribution in [0, 0.1) is 10.1 Å². The predicted octanol–water partition coefficient (Wildman–Crippen LogP) is 2.45. The van der Waals surface area contributed by atoms with Crippen LogP contribution in [0.4, 0.5) is 23.1 Å². The van der Waals surface area contributed by atoms with Crippen molar-refractivity contribution < 1.29 is 9.72 Å². The number of nitrogens with zero attached hydrogens (tertiary/aromatic N) is 5. The number of hydrogen-bond donors (Lipinski definition) is 1. The standard InChI is InChI=1S/C16H17ClN6O3/c1-11(24)21-6-8-22(9-7-21)15-14(23(25)26)10-18-16(20-15)19-13-4-2-12(17)3-5-13/h2-5,10H,6-9H2,1H3,(H,18,19,20). The van der Waals surface area contributed by atoms with Gasteiger partial charge in [0.15, 0.2) is 0 Å². The molecule has 1 fully saturated rings. The van der Waals surface area contributed by atoms with Gasteiger partial charge in [0.25, 0.3) is 0 Å². The Hall–Kier alpha value is -2.94. The van der Waals surface area contributed by atoms with Crippen molar-refractivity contribution in [1.29, 1.82) is 0 Å². The Morgan fingerprint density at radius 1 is 1.23 bits per heavy atom. The van der Waals surface area contributed by atoms with Crippen LogP contribution in [-0.4, -0.2) is 51.9 Å². The van der Waals surface area contributed by atoms with E-state index in [1.54, 1.807) is 34.1 Å². The second kappa shape index (κ2) is 7.52. The molecule has 2 heterocycles. The van der Waals surface area contributed by atoms with E-state index in [9.17, 15) is 14.9 Å². The fraction of sp³-hybridized carbons (Fsp3) is 0.312. The molecule has 1 aliphatic heterocycles. The number of nitro groups is 1. The first kappa shape index (κ1) is 17.9. The van der Waals surface area contributed by atoms with Gasteiger partial charge >= 0.3 is 5.69 Å². The number of aromatic nitrogens is 2. The number of benzene rings is 1. The molecular formula is C16H17ClN6O3. The molecule has 1 N–H and O–H groups in total. The molecule has 26 heavy (non-hydrogen) atoms. The average molecular weight is 377 g/mol. The lowest BCUT2D eigenvalue weighted by Gasteiger charge is -2.34. The minimum absolute atomic E-state index is 0.00747. The maximum Gasteiger partial charge on any atom is 0.329 e. The van der Waals surface area contributed by atoms with Gasteiger partial charge in [-0.2, -0.15) is 4.98 Å². The molecular weight excluding hydrogens is 360 g/mol. The summed E-state index contributed by atoms with van der Waals surface area (Å²) >= 11 is 5.86. The minimum Gasteiger partial charge on any atom is -0.347 e. The number of hydrogen-bond acceptors (Lipinski definition) is 7. The van der Waals surface area contributed by atoms with Crippen LogP contribution in [0.5, 0.6) is 0 Å². The Labute approximate surface area is 154 Å². The third-order valence-electron chi connectivity index (χ3n) is 4.07. The highest BCUT2D eigenvalue weighted by Crippen LogP contribution is 2.28. The summed E-state index contributed by atoms with van der Waals surface area (Å²) in [7, 11) is 0. The summed E-state index contributed by atoms with van der Waals surface area (Å²) in [6.07, 6.45) is 1.19. The number of amides is 1. The summed E-state index contributed by atoms with van der Waals surface area (Å²) in [6.45, 7) is 3.44. The normalized spacial score (nSPS) is 14.2. The van der Waals surface area contributed by atoms with Crippen molar-refractivity contribution in [2.24, 2.45) is 0 Å². The van der Waals surface area contributed by atoms with Gasteiger partial charge in [-0.05, 0) is 24.3 Å². The van der Waals surface area contributed by atoms with Crippen LogP contribution in [-0.2, 0) is 4.79 Å². The van der Waals surface area contributed by atoms with E-state index < -0.39 is 4.92 Å². The van der Waals surface area contributed by atoms with E-state index in [0.717, 1.165) is 5.69 Å². The zero-order valence-electron chi connectivity index (χ0n) is 14.1. The molecule has 1 amide bonds. The van der Waals surface area contributed by atoms with Crippen molar-refractivity contribution in [1.82, 2.24) is 14.9 Å². The van der Waals surface area contributed by atoms with E-state index in [2.05, 4.69) is 15.3 Å². The van der Waals surface area contributed by atoms with Gasteiger partial charge in [-0.1, -0.05) is 11.6 Å². The quantitative estimate of drug-likeness (QED) is 0.645. The zero-order valence-corrected chi connectivity index (χ0v) is 14.8. The molecule has 0 saturated carbocycles. The van der Waals surface area contributed by atoms with Crippen molar-refractivity contribution in [2.45, 2.75) is 6.92 Å². The molecule has 0 atom stereocenters. The number of nitrogens with one attached hydrogen (secondary N) is 1. The maximum absolute atomic E-state index is 11.5. The van der Waals surface area contributed by atoms with Crippen LogP contribution in [0.15, 0.2) is 30.5 Å².